The van der Waals surface area contributed by atoms with Gasteiger partial charge in [0, 0.05) is 25.0 Å². The maximum atomic E-state index is 11.7. The standard InChI is InChI=1S/C17H24O2/c1-13(2)15-5-4-6-16(11-15)17(12-14(3)18)7-9-19-10-8-17/h4-6,11,13H,7-10,12H2,1-3H3. The van der Waals surface area contributed by atoms with Gasteiger partial charge in [-0.2, -0.15) is 0 Å². The minimum atomic E-state index is -0.00498. The van der Waals surface area contributed by atoms with Gasteiger partial charge in [0.25, 0.3) is 0 Å². The van der Waals surface area contributed by atoms with Gasteiger partial charge in [-0.3, -0.25) is 4.79 Å². The van der Waals surface area contributed by atoms with Crippen molar-refractivity contribution in [1.29, 1.82) is 0 Å². The van der Waals surface area contributed by atoms with E-state index in [9.17, 15) is 4.79 Å². The molecule has 104 valence electrons. The molecule has 19 heavy (non-hydrogen) atoms. The van der Waals surface area contributed by atoms with E-state index in [2.05, 4.69) is 38.1 Å². The molecule has 1 fully saturated rings. The van der Waals surface area contributed by atoms with Crippen LogP contribution in [0.2, 0.25) is 0 Å². The topological polar surface area (TPSA) is 26.3 Å². The molecule has 0 amide bonds. The zero-order chi connectivity index (χ0) is 13.9. The number of hydrogen-bond acceptors (Lipinski definition) is 2. The van der Waals surface area contributed by atoms with Crippen LogP contribution in [0.5, 0.6) is 0 Å². The maximum absolute atomic E-state index is 11.7. The second-order valence-electron chi connectivity index (χ2n) is 6.05. The van der Waals surface area contributed by atoms with Crippen molar-refractivity contribution in [3.05, 3.63) is 35.4 Å². The fourth-order valence-electron chi connectivity index (χ4n) is 3.03. The molecule has 2 rings (SSSR count). The van der Waals surface area contributed by atoms with E-state index in [1.165, 1.54) is 11.1 Å². The quantitative estimate of drug-likeness (QED) is 0.822. The summed E-state index contributed by atoms with van der Waals surface area (Å²) in [6, 6.07) is 8.77. The highest BCUT2D eigenvalue weighted by atomic mass is 16.5. The minimum Gasteiger partial charge on any atom is -0.381 e. The number of ether oxygens (including phenoxy) is 1. The van der Waals surface area contributed by atoms with Gasteiger partial charge in [0.15, 0.2) is 0 Å². The predicted molar refractivity (Wildman–Crippen MR) is 77.6 cm³/mol. The molecule has 0 aliphatic carbocycles. The Morgan fingerprint density at radius 2 is 2.00 bits per heavy atom. The normalized spacial score (nSPS) is 18.5. The molecule has 0 unspecified atom stereocenters. The fourth-order valence-corrected chi connectivity index (χ4v) is 3.03. The zero-order valence-electron chi connectivity index (χ0n) is 12.2. The summed E-state index contributed by atoms with van der Waals surface area (Å²) in [6.45, 7) is 7.64. The highest BCUT2D eigenvalue weighted by Gasteiger charge is 2.35. The lowest BCUT2D eigenvalue weighted by atomic mass is 9.70. The largest absolute Gasteiger partial charge is 0.381 e. The lowest BCUT2D eigenvalue weighted by Gasteiger charge is -2.37. The van der Waals surface area contributed by atoms with Crippen LogP contribution in [0.4, 0.5) is 0 Å². The maximum Gasteiger partial charge on any atom is 0.130 e. The van der Waals surface area contributed by atoms with Gasteiger partial charge in [0.05, 0.1) is 0 Å². The summed E-state index contributed by atoms with van der Waals surface area (Å²) in [7, 11) is 0. The van der Waals surface area contributed by atoms with Gasteiger partial charge in [-0.25, -0.2) is 0 Å². The molecule has 0 aromatic heterocycles. The molecule has 1 aliphatic rings. The second-order valence-corrected chi connectivity index (χ2v) is 6.05. The van der Waals surface area contributed by atoms with Crippen molar-refractivity contribution in [3.63, 3.8) is 0 Å². The molecule has 1 aromatic rings. The van der Waals surface area contributed by atoms with E-state index in [-0.39, 0.29) is 11.2 Å². The number of carbonyl (C=O) groups excluding carboxylic acids is 1. The number of rotatable bonds is 4. The van der Waals surface area contributed by atoms with Crippen LogP contribution in [0.3, 0.4) is 0 Å². The summed E-state index contributed by atoms with van der Waals surface area (Å²) in [6.07, 6.45) is 2.54. The minimum absolute atomic E-state index is 0.00498. The summed E-state index contributed by atoms with van der Waals surface area (Å²) < 4.78 is 5.49. The van der Waals surface area contributed by atoms with E-state index in [1.807, 2.05) is 0 Å². The zero-order valence-corrected chi connectivity index (χ0v) is 12.2. The predicted octanol–water partition coefficient (Wildman–Crippen LogP) is 3.84. The molecule has 0 saturated carbocycles. The fraction of sp³-hybridized carbons (Fsp3) is 0.588. The van der Waals surface area contributed by atoms with E-state index in [0.717, 1.165) is 26.1 Å². The van der Waals surface area contributed by atoms with Gasteiger partial charge in [-0.15, -0.1) is 0 Å². The van der Waals surface area contributed by atoms with Crippen LogP contribution >= 0.6 is 0 Å². The van der Waals surface area contributed by atoms with E-state index >= 15 is 0 Å². The van der Waals surface area contributed by atoms with E-state index in [1.54, 1.807) is 6.92 Å². The molecular formula is C17H24O2. The van der Waals surface area contributed by atoms with Crippen LogP contribution in [0.25, 0.3) is 0 Å². The molecule has 0 radical (unpaired) electrons. The lowest BCUT2D eigenvalue weighted by molar-refractivity contribution is -0.119. The van der Waals surface area contributed by atoms with Crippen LogP contribution in [-0.4, -0.2) is 19.0 Å². The molecular weight excluding hydrogens is 236 g/mol. The first-order valence-electron chi connectivity index (χ1n) is 7.21. The van der Waals surface area contributed by atoms with Crippen molar-refractivity contribution >= 4 is 5.78 Å². The third kappa shape index (κ3) is 3.24. The average Bonchev–Trinajstić information content (AvgIpc) is 2.39. The Kier molecular flexibility index (Phi) is 4.41. The third-order valence-electron chi connectivity index (χ3n) is 4.20. The summed E-state index contributed by atoms with van der Waals surface area (Å²) in [5.41, 5.74) is 2.67. The van der Waals surface area contributed by atoms with Crippen molar-refractivity contribution in [1.82, 2.24) is 0 Å². The first kappa shape index (κ1) is 14.3. The Labute approximate surface area is 116 Å². The molecule has 0 atom stereocenters. The summed E-state index contributed by atoms with van der Waals surface area (Å²) >= 11 is 0. The SMILES string of the molecule is CC(=O)CC1(c2cccc(C(C)C)c2)CCOCC1. The molecule has 1 aliphatic heterocycles. The van der Waals surface area contributed by atoms with Crippen molar-refractivity contribution < 1.29 is 9.53 Å². The Hall–Kier alpha value is -1.15. The van der Waals surface area contributed by atoms with Crippen LogP contribution in [0, 0.1) is 0 Å². The van der Waals surface area contributed by atoms with Crippen LogP contribution in [0.15, 0.2) is 24.3 Å². The molecule has 0 N–H and O–H groups in total. The summed E-state index contributed by atoms with van der Waals surface area (Å²) in [5, 5.41) is 0. The Bertz CT molecular complexity index is 442. The number of hydrogen-bond donors (Lipinski definition) is 0. The van der Waals surface area contributed by atoms with Gasteiger partial charge in [0.2, 0.25) is 0 Å². The number of carbonyl (C=O) groups is 1. The molecule has 1 saturated heterocycles. The molecule has 0 bridgehead atoms. The first-order chi connectivity index (χ1) is 9.03. The van der Waals surface area contributed by atoms with Crippen molar-refractivity contribution in [3.8, 4) is 0 Å². The van der Waals surface area contributed by atoms with E-state index in [0.29, 0.717) is 12.3 Å². The van der Waals surface area contributed by atoms with Gasteiger partial charge < -0.3 is 4.74 Å². The van der Waals surface area contributed by atoms with Gasteiger partial charge in [-0.1, -0.05) is 38.1 Å². The number of ketones is 1. The Balaban J connectivity index is 2.37. The molecule has 2 heteroatoms. The van der Waals surface area contributed by atoms with Crippen molar-refractivity contribution in [2.45, 2.75) is 51.4 Å². The smallest absolute Gasteiger partial charge is 0.130 e. The van der Waals surface area contributed by atoms with Crippen LogP contribution in [0.1, 0.15) is 57.1 Å². The van der Waals surface area contributed by atoms with Gasteiger partial charge in [0.1, 0.15) is 5.78 Å². The lowest BCUT2D eigenvalue weighted by Crippen LogP contribution is -2.35. The van der Waals surface area contributed by atoms with E-state index in [4.69, 9.17) is 4.74 Å². The molecule has 1 aromatic carbocycles. The Morgan fingerprint density at radius 1 is 1.32 bits per heavy atom. The number of benzene rings is 1. The van der Waals surface area contributed by atoms with Crippen molar-refractivity contribution in [2.75, 3.05) is 13.2 Å². The summed E-state index contributed by atoms with van der Waals surface area (Å²) in [5.74, 6) is 0.797. The van der Waals surface area contributed by atoms with Gasteiger partial charge >= 0.3 is 0 Å². The molecule has 0 spiro atoms. The number of Topliss-reactive ketones (excluding diaryl/α,β-unsaturated/α-hetero) is 1. The van der Waals surface area contributed by atoms with E-state index < -0.39 is 0 Å². The van der Waals surface area contributed by atoms with Crippen LogP contribution < -0.4 is 0 Å². The van der Waals surface area contributed by atoms with Crippen molar-refractivity contribution in [2.24, 2.45) is 0 Å². The molecule has 2 nitrogen and oxygen atoms in total. The average molecular weight is 260 g/mol. The monoisotopic (exact) mass is 260 g/mol. The van der Waals surface area contributed by atoms with Crippen LogP contribution in [-0.2, 0) is 14.9 Å². The molecule has 1 heterocycles. The first-order valence-corrected chi connectivity index (χ1v) is 7.21. The summed E-state index contributed by atoms with van der Waals surface area (Å²) in [4.78, 5) is 11.7. The van der Waals surface area contributed by atoms with Gasteiger partial charge in [-0.05, 0) is 36.8 Å². The highest BCUT2D eigenvalue weighted by molar-refractivity contribution is 5.77. The highest BCUT2D eigenvalue weighted by Crippen LogP contribution is 2.39. The second kappa shape index (κ2) is 5.87. The Morgan fingerprint density at radius 3 is 2.58 bits per heavy atom. The third-order valence-corrected chi connectivity index (χ3v) is 4.20.